The number of hydrogen-bond donors (Lipinski definition) is 1. The molecule has 2 fully saturated rings. The van der Waals surface area contributed by atoms with Crippen LogP contribution in [0.15, 0.2) is 65.8 Å². The van der Waals surface area contributed by atoms with E-state index in [1.165, 1.54) is 32.1 Å². The fraction of sp³-hybridized carbons (Fsp3) is 0.393. The zero-order chi connectivity index (χ0) is 23.3. The molecule has 34 heavy (non-hydrogen) atoms. The second-order valence-corrected chi connectivity index (χ2v) is 10.3. The van der Waals surface area contributed by atoms with E-state index in [0.717, 1.165) is 52.0 Å². The highest BCUT2D eigenvalue weighted by atomic mass is 32.2. The van der Waals surface area contributed by atoms with Crippen molar-refractivity contribution in [1.29, 1.82) is 0 Å². The molecule has 0 radical (unpaired) electrons. The molecule has 5 rings (SSSR count). The number of rotatable bonds is 8. The van der Waals surface area contributed by atoms with Crippen LogP contribution in [0.4, 0.5) is 5.82 Å². The molecule has 176 valence electrons. The number of carbonyl (C=O) groups is 1. The Morgan fingerprint density at radius 3 is 2.53 bits per heavy atom. The van der Waals surface area contributed by atoms with Crippen molar-refractivity contribution in [2.24, 2.45) is 0 Å². The highest BCUT2D eigenvalue weighted by Gasteiger charge is 2.24. The van der Waals surface area contributed by atoms with E-state index in [4.69, 9.17) is 9.97 Å². The van der Waals surface area contributed by atoms with Crippen LogP contribution >= 0.6 is 11.8 Å². The number of nitrogens with one attached hydrogen (secondary N) is 1. The summed E-state index contributed by atoms with van der Waals surface area (Å²) in [6.45, 7) is 0. The smallest absolute Gasteiger partial charge is 0.251 e. The molecule has 1 heterocycles. The molecule has 0 spiro atoms. The van der Waals surface area contributed by atoms with Crippen molar-refractivity contribution in [3.05, 3.63) is 71.8 Å². The molecule has 0 aliphatic heterocycles. The van der Waals surface area contributed by atoms with Gasteiger partial charge in [0.05, 0.1) is 5.69 Å². The van der Waals surface area contributed by atoms with E-state index >= 15 is 0 Å². The lowest BCUT2D eigenvalue weighted by Gasteiger charge is -2.32. The topological polar surface area (TPSA) is 58.1 Å². The first-order valence-corrected chi connectivity index (χ1v) is 13.3. The molecule has 0 unspecified atom stereocenters. The molecule has 1 amide bonds. The third-order valence-corrected chi connectivity index (χ3v) is 7.63. The molecular formula is C28H32N4OS. The number of hydrogen-bond acceptors (Lipinski definition) is 5. The minimum atomic E-state index is 0.0214. The van der Waals surface area contributed by atoms with Crippen molar-refractivity contribution in [3.63, 3.8) is 0 Å². The minimum absolute atomic E-state index is 0.0214. The van der Waals surface area contributed by atoms with Crippen molar-refractivity contribution in [3.8, 4) is 11.3 Å². The largest absolute Gasteiger partial charge is 0.357 e. The zero-order valence-electron chi connectivity index (χ0n) is 19.7. The van der Waals surface area contributed by atoms with Gasteiger partial charge in [-0.05, 0) is 43.4 Å². The molecule has 2 aromatic carbocycles. The van der Waals surface area contributed by atoms with Gasteiger partial charge in [0.25, 0.3) is 5.91 Å². The average Bonchev–Trinajstić information content (AvgIpc) is 3.72. The van der Waals surface area contributed by atoms with Gasteiger partial charge in [-0.15, -0.1) is 0 Å². The van der Waals surface area contributed by atoms with E-state index in [1.807, 2.05) is 36.4 Å². The molecule has 6 heteroatoms. The highest BCUT2D eigenvalue weighted by Crippen LogP contribution is 2.30. The summed E-state index contributed by atoms with van der Waals surface area (Å²) in [4.78, 5) is 24.6. The molecule has 3 aromatic rings. The molecule has 2 aliphatic carbocycles. The normalized spacial score (nSPS) is 16.3. The zero-order valence-corrected chi connectivity index (χ0v) is 20.6. The molecule has 0 saturated heterocycles. The molecular weight excluding hydrogens is 440 g/mol. The highest BCUT2D eigenvalue weighted by molar-refractivity contribution is 7.98. The quantitative estimate of drug-likeness (QED) is 0.317. The van der Waals surface area contributed by atoms with Crippen LogP contribution in [-0.4, -0.2) is 35.0 Å². The van der Waals surface area contributed by atoms with Crippen LogP contribution in [-0.2, 0) is 5.75 Å². The van der Waals surface area contributed by atoms with Gasteiger partial charge in [-0.25, -0.2) is 9.97 Å². The molecule has 2 saturated carbocycles. The van der Waals surface area contributed by atoms with Gasteiger partial charge in [-0.1, -0.05) is 73.5 Å². The Morgan fingerprint density at radius 1 is 0.971 bits per heavy atom. The summed E-state index contributed by atoms with van der Waals surface area (Å²) < 4.78 is 0. The van der Waals surface area contributed by atoms with E-state index in [-0.39, 0.29) is 5.91 Å². The molecule has 5 nitrogen and oxygen atoms in total. The van der Waals surface area contributed by atoms with Crippen molar-refractivity contribution in [2.45, 2.75) is 67.9 Å². The lowest BCUT2D eigenvalue weighted by molar-refractivity contribution is 0.0951. The van der Waals surface area contributed by atoms with Gasteiger partial charge in [0.1, 0.15) is 5.82 Å². The summed E-state index contributed by atoms with van der Waals surface area (Å²) in [5.74, 6) is 1.73. The van der Waals surface area contributed by atoms with Crippen molar-refractivity contribution in [1.82, 2.24) is 15.3 Å². The maximum Gasteiger partial charge on any atom is 0.251 e. The standard InChI is InChI=1S/C28H32N4OS/c1-32(24-13-6-3-7-14-24)26-18-25(21-10-4-2-5-11-21)30-28(31-26)34-19-20-9-8-12-22(17-20)27(33)29-23-15-16-23/h2,4-5,8-12,17-18,23-24H,3,6-7,13-16,19H2,1H3,(H,29,33). The maximum absolute atomic E-state index is 12.4. The Balaban J connectivity index is 1.36. The van der Waals surface area contributed by atoms with Gasteiger partial charge in [0, 0.05) is 42.1 Å². The summed E-state index contributed by atoms with van der Waals surface area (Å²) in [6.07, 6.45) is 8.54. The van der Waals surface area contributed by atoms with Crippen LogP contribution in [0, 0.1) is 0 Å². The Morgan fingerprint density at radius 2 is 1.76 bits per heavy atom. The van der Waals surface area contributed by atoms with Crippen LogP contribution in [0.5, 0.6) is 0 Å². The SMILES string of the molecule is CN(c1cc(-c2ccccc2)nc(SCc2cccc(C(=O)NC3CC3)c2)n1)C1CCCCC1. The van der Waals surface area contributed by atoms with Crippen molar-refractivity contribution in [2.75, 3.05) is 11.9 Å². The number of carbonyl (C=O) groups excluding carboxylic acids is 1. The number of aromatic nitrogens is 2. The summed E-state index contributed by atoms with van der Waals surface area (Å²) in [5.41, 5.74) is 3.88. The first-order valence-electron chi connectivity index (χ1n) is 12.4. The molecule has 0 atom stereocenters. The summed E-state index contributed by atoms with van der Waals surface area (Å²) in [7, 11) is 2.17. The molecule has 1 aromatic heterocycles. The minimum Gasteiger partial charge on any atom is -0.357 e. The molecule has 2 aliphatic rings. The van der Waals surface area contributed by atoms with Crippen LogP contribution in [0.25, 0.3) is 11.3 Å². The number of thioether (sulfide) groups is 1. The Labute approximate surface area is 206 Å². The van der Waals surface area contributed by atoms with Gasteiger partial charge < -0.3 is 10.2 Å². The summed E-state index contributed by atoms with van der Waals surface area (Å²) in [6, 6.07) is 21.2. The number of nitrogens with zero attached hydrogens (tertiary/aromatic N) is 3. The number of benzene rings is 2. The van der Waals surface area contributed by atoms with Crippen molar-refractivity contribution < 1.29 is 4.79 Å². The lowest BCUT2D eigenvalue weighted by Crippen LogP contribution is -2.34. The Kier molecular flexibility index (Phi) is 7.14. The summed E-state index contributed by atoms with van der Waals surface area (Å²) >= 11 is 1.63. The second-order valence-electron chi connectivity index (χ2n) is 9.40. The van der Waals surface area contributed by atoms with E-state index in [9.17, 15) is 4.79 Å². The average molecular weight is 473 g/mol. The maximum atomic E-state index is 12.4. The number of anilines is 1. The van der Waals surface area contributed by atoms with E-state index in [0.29, 0.717) is 12.1 Å². The van der Waals surface area contributed by atoms with Crippen LogP contribution in [0.3, 0.4) is 0 Å². The van der Waals surface area contributed by atoms with Gasteiger partial charge >= 0.3 is 0 Å². The first-order chi connectivity index (χ1) is 16.7. The second kappa shape index (κ2) is 10.6. The molecule has 0 bridgehead atoms. The fourth-order valence-corrected chi connectivity index (χ4v) is 5.31. The third-order valence-electron chi connectivity index (χ3n) is 6.72. The van der Waals surface area contributed by atoms with Gasteiger partial charge in [-0.3, -0.25) is 4.79 Å². The number of amides is 1. The predicted molar refractivity (Wildman–Crippen MR) is 139 cm³/mol. The van der Waals surface area contributed by atoms with E-state index in [1.54, 1.807) is 11.8 Å². The third kappa shape index (κ3) is 5.79. The van der Waals surface area contributed by atoms with Crippen molar-refractivity contribution >= 4 is 23.5 Å². The van der Waals surface area contributed by atoms with Crippen LogP contribution in [0.2, 0.25) is 0 Å². The van der Waals surface area contributed by atoms with E-state index in [2.05, 4.69) is 41.5 Å². The molecule has 1 N–H and O–H groups in total. The Hall–Kier alpha value is -2.86. The Bertz CT molecular complexity index is 1130. The first kappa shape index (κ1) is 22.9. The van der Waals surface area contributed by atoms with Crippen LogP contribution < -0.4 is 10.2 Å². The van der Waals surface area contributed by atoms with Gasteiger partial charge in [-0.2, -0.15) is 0 Å². The van der Waals surface area contributed by atoms with Gasteiger partial charge in [0.15, 0.2) is 5.16 Å². The van der Waals surface area contributed by atoms with Gasteiger partial charge in [0.2, 0.25) is 0 Å². The van der Waals surface area contributed by atoms with E-state index < -0.39 is 0 Å². The summed E-state index contributed by atoms with van der Waals surface area (Å²) in [5, 5.41) is 3.84. The lowest BCUT2D eigenvalue weighted by atomic mass is 9.94. The predicted octanol–water partition coefficient (Wildman–Crippen LogP) is 6.10. The van der Waals surface area contributed by atoms with Crippen LogP contribution in [0.1, 0.15) is 60.9 Å². The fourth-order valence-electron chi connectivity index (χ4n) is 4.52. The monoisotopic (exact) mass is 472 g/mol.